The van der Waals surface area contributed by atoms with Gasteiger partial charge in [0.1, 0.15) is 6.61 Å². The highest BCUT2D eigenvalue weighted by atomic mass is 79.9. The lowest BCUT2D eigenvalue weighted by molar-refractivity contribution is 0.252. The number of amides is 2. The van der Waals surface area contributed by atoms with E-state index in [1.165, 1.54) is 6.21 Å². The summed E-state index contributed by atoms with van der Waals surface area (Å²) in [4.78, 5) is 11.9. The van der Waals surface area contributed by atoms with Crippen molar-refractivity contribution in [2.24, 2.45) is 5.10 Å². The number of hydrogen-bond acceptors (Lipinski definition) is 4. The molecule has 0 aliphatic carbocycles. The Morgan fingerprint density at radius 3 is 2.55 bits per heavy atom. The van der Waals surface area contributed by atoms with Crippen molar-refractivity contribution in [2.75, 3.05) is 12.4 Å². The third-order valence-corrected chi connectivity index (χ3v) is 5.49. The maximum atomic E-state index is 11.9. The molecule has 0 aliphatic rings. The van der Waals surface area contributed by atoms with Crippen molar-refractivity contribution < 1.29 is 14.3 Å². The lowest BCUT2D eigenvalue weighted by atomic mass is 10.2. The van der Waals surface area contributed by atoms with E-state index >= 15 is 0 Å². The molecule has 0 aromatic heterocycles. The van der Waals surface area contributed by atoms with Gasteiger partial charge in [0, 0.05) is 15.7 Å². The molecule has 0 atom stereocenters. The quantitative estimate of drug-likeness (QED) is 0.275. The summed E-state index contributed by atoms with van der Waals surface area (Å²) >= 11 is 15.5. The number of anilines is 1. The monoisotopic (exact) mass is 521 g/mol. The number of rotatable bonds is 7. The zero-order valence-corrected chi connectivity index (χ0v) is 19.5. The lowest BCUT2D eigenvalue weighted by Crippen LogP contribution is -2.24. The van der Waals surface area contributed by atoms with Crippen LogP contribution in [0.4, 0.5) is 10.5 Å². The van der Waals surface area contributed by atoms with E-state index in [1.54, 1.807) is 43.5 Å². The van der Waals surface area contributed by atoms with E-state index in [2.05, 4.69) is 31.8 Å². The molecule has 0 aliphatic heterocycles. The third-order valence-electron chi connectivity index (χ3n) is 4.06. The van der Waals surface area contributed by atoms with Crippen LogP contribution < -0.4 is 20.2 Å². The number of carbonyl (C=O) groups excluding carboxylic acids is 1. The maximum absolute atomic E-state index is 11.9. The smallest absolute Gasteiger partial charge is 0.339 e. The molecule has 3 rings (SSSR count). The van der Waals surface area contributed by atoms with Gasteiger partial charge in [0.15, 0.2) is 11.5 Å². The molecule has 0 bridgehead atoms. The number of halogens is 3. The van der Waals surface area contributed by atoms with Crippen LogP contribution in [-0.2, 0) is 6.61 Å². The van der Waals surface area contributed by atoms with Gasteiger partial charge >= 0.3 is 6.03 Å². The average molecular weight is 523 g/mol. The first-order valence-electron chi connectivity index (χ1n) is 9.05. The van der Waals surface area contributed by atoms with Gasteiger partial charge in [0.05, 0.1) is 23.4 Å². The van der Waals surface area contributed by atoms with Crippen LogP contribution in [-0.4, -0.2) is 19.4 Å². The molecule has 0 heterocycles. The van der Waals surface area contributed by atoms with Gasteiger partial charge in [-0.1, -0.05) is 47.5 Å². The molecule has 31 heavy (non-hydrogen) atoms. The normalized spacial score (nSPS) is 10.7. The van der Waals surface area contributed by atoms with E-state index in [0.717, 1.165) is 5.56 Å². The number of urea groups is 1. The van der Waals surface area contributed by atoms with Crippen LogP contribution in [0.1, 0.15) is 11.1 Å². The van der Waals surface area contributed by atoms with Crippen molar-refractivity contribution in [1.82, 2.24) is 5.43 Å². The molecule has 0 unspecified atom stereocenters. The summed E-state index contributed by atoms with van der Waals surface area (Å²) in [5.41, 5.74) is 4.65. The first-order chi connectivity index (χ1) is 15.0. The fourth-order valence-electron chi connectivity index (χ4n) is 2.55. The van der Waals surface area contributed by atoms with Gasteiger partial charge in [-0.2, -0.15) is 5.10 Å². The second kappa shape index (κ2) is 11.0. The minimum atomic E-state index is -0.452. The standard InChI is InChI=1S/C22H18BrCl2N3O3/c1-30-20-10-15(12-26-28-22(29)27-16-5-3-2-4-6-16)17(23)11-21(20)31-13-14-7-8-18(24)19(25)9-14/h2-12H,13H2,1H3,(H2,27,28,29)/b26-12+. The molecule has 0 spiro atoms. The predicted octanol–water partition coefficient (Wildman–Crippen LogP) is 6.50. The number of nitrogens with zero attached hydrogens (tertiary/aromatic N) is 1. The Morgan fingerprint density at radius 2 is 1.84 bits per heavy atom. The topological polar surface area (TPSA) is 72.0 Å². The maximum Gasteiger partial charge on any atom is 0.339 e. The second-order valence-corrected chi connectivity index (χ2v) is 7.92. The fourth-order valence-corrected chi connectivity index (χ4v) is 3.30. The Hall–Kier alpha value is -2.74. The van der Waals surface area contributed by atoms with Gasteiger partial charge in [-0.15, -0.1) is 0 Å². The van der Waals surface area contributed by atoms with E-state index in [0.29, 0.717) is 37.3 Å². The highest BCUT2D eigenvalue weighted by Gasteiger charge is 2.11. The molecule has 3 aromatic rings. The molecule has 0 saturated heterocycles. The minimum absolute atomic E-state index is 0.286. The van der Waals surface area contributed by atoms with Crippen LogP contribution in [0.25, 0.3) is 0 Å². The number of carbonyl (C=O) groups is 1. The van der Waals surface area contributed by atoms with E-state index in [9.17, 15) is 4.79 Å². The molecule has 9 heteroatoms. The SMILES string of the molecule is COc1cc(/C=N/NC(=O)Nc2ccccc2)c(Br)cc1OCc1ccc(Cl)c(Cl)c1. The van der Waals surface area contributed by atoms with E-state index in [1.807, 2.05) is 24.3 Å². The summed E-state index contributed by atoms with van der Waals surface area (Å²) < 4.78 is 12.0. The molecule has 160 valence electrons. The van der Waals surface area contributed by atoms with Crippen LogP contribution in [0.2, 0.25) is 10.0 Å². The summed E-state index contributed by atoms with van der Waals surface area (Å²) in [7, 11) is 1.54. The largest absolute Gasteiger partial charge is 0.493 e. The Morgan fingerprint density at radius 1 is 1.06 bits per heavy atom. The second-order valence-electron chi connectivity index (χ2n) is 6.25. The van der Waals surface area contributed by atoms with Gasteiger partial charge in [-0.25, -0.2) is 10.2 Å². The van der Waals surface area contributed by atoms with Gasteiger partial charge in [-0.05, 0) is 57.9 Å². The Bertz CT molecular complexity index is 1090. The zero-order valence-electron chi connectivity index (χ0n) is 16.4. The summed E-state index contributed by atoms with van der Waals surface area (Å²) in [5, 5.41) is 7.60. The number of hydrazone groups is 1. The molecule has 3 aromatic carbocycles. The first kappa shape index (κ1) is 22.9. The highest BCUT2D eigenvalue weighted by molar-refractivity contribution is 9.10. The minimum Gasteiger partial charge on any atom is -0.493 e. The molecule has 0 fully saturated rings. The molecule has 0 saturated carbocycles. The molecule has 6 nitrogen and oxygen atoms in total. The van der Waals surface area contributed by atoms with Crippen LogP contribution in [0, 0.1) is 0 Å². The number of para-hydroxylation sites is 1. The molecule has 0 radical (unpaired) electrons. The number of ether oxygens (including phenoxy) is 2. The number of benzene rings is 3. The number of nitrogens with one attached hydrogen (secondary N) is 2. The first-order valence-corrected chi connectivity index (χ1v) is 10.6. The van der Waals surface area contributed by atoms with Gasteiger partial charge in [-0.3, -0.25) is 0 Å². The summed E-state index contributed by atoms with van der Waals surface area (Å²) in [6.07, 6.45) is 1.50. The summed E-state index contributed by atoms with van der Waals surface area (Å²) in [6.45, 7) is 0.286. The predicted molar refractivity (Wildman–Crippen MR) is 128 cm³/mol. The summed E-state index contributed by atoms with van der Waals surface area (Å²) in [5.74, 6) is 1.05. The van der Waals surface area contributed by atoms with E-state index in [4.69, 9.17) is 32.7 Å². The molecule has 2 N–H and O–H groups in total. The zero-order chi connectivity index (χ0) is 22.2. The van der Waals surface area contributed by atoms with Gasteiger partial charge in [0.25, 0.3) is 0 Å². The van der Waals surface area contributed by atoms with Crippen molar-refractivity contribution in [3.63, 3.8) is 0 Å². The van der Waals surface area contributed by atoms with Crippen molar-refractivity contribution in [3.05, 3.63) is 86.3 Å². The van der Waals surface area contributed by atoms with E-state index < -0.39 is 6.03 Å². The Balaban J connectivity index is 1.64. The number of methoxy groups -OCH3 is 1. The molecular weight excluding hydrogens is 505 g/mol. The average Bonchev–Trinajstić information content (AvgIpc) is 2.76. The fraction of sp³-hybridized carbons (Fsp3) is 0.0909. The van der Waals surface area contributed by atoms with Crippen molar-refractivity contribution in [2.45, 2.75) is 6.61 Å². The highest BCUT2D eigenvalue weighted by Crippen LogP contribution is 2.34. The van der Waals surface area contributed by atoms with Crippen LogP contribution >= 0.6 is 39.1 Å². The lowest BCUT2D eigenvalue weighted by Gasteiger charge is -2.13. The van der Waals surface area contributed by atoms with Crippen molar-refractivity contribution >= 4 is 57.1 Å². The summed E-state index contributed by atoms with van der Waals surface area (Å²) in [6, 6.07) is 17.4. The molecule has 2 amide bonds. The third kappa shape index (κ3) is 6.62. The van der Waals surface area contributed by atoms with Gasteiger partial charge in [0.2, 0.25) is 0 Å². The van der Waals surface area contributed by atoms with E-state index in [-0.39, 0.29) is 6.61 Å². The van der Waals surface area contributed by atoms with Crippen LogP contribution in [0.15, 0.2) is 70.2 Å². The number of hydrogen-bond donors (Lipinski definition) is 2. The van der Waals surface area contributed by atoms with Crippen LogP contribution in [0.3, 0.4) is 0 Å². The van der Waals surface area contributed by atoms with Crippen molar-refractivity contribution in [1.29, 1.82) is 0 Å². The van der Waals surface area contributed by atoms with Crippen molar-refractivity contribution in [3.8, 4) is 11.5 Å². The van der Waals surface area contributed by atoms with Gasteiger partial charge < -0.3 is 14.8 Å². The Kier molecular flexibility index (Phi) is 8.17. The molecular formula is C22H18BrCl2N3O3. The van der Waals surface area contributed by atoms with Crippen LogP contribution in [0.5, 0.6) is 11.5 Å². The Labute approximate surface area is 198 Å².